The van der Waals surface area contributed by atoms with E-state index in [1.807, 2.05) is 0 Å². The maximum absolute atomic E-state index is 14.3. The van der Waals surface area contributed by atoms with Crippen LogP contribution in [0.5, 0.6) is 0 Å². The number of carbonyl (C=O) groups excluding carboxylic acids is 1. The lowest BCUT2D eigenvalue weighted by molar-refractivity contribution is 0.0253. The van der Waals surface area contributed by atoms with Crippen LogP contribution in [0.1, 0.15) is 46.5 Å². The van der Waals surface area contributed by atoms with Gasteiger partial charge < -0.3 is 14.7 Å². The second-order valence-electron chi connectivity index (χ2n) is 5.98. The highest BCUT2D eigenvalue weighted by Gasteiger charge is 2.40. The smallest absolute Gasteiger partial charge is 0.410 e. The lowest BCUT2D eigenvalue weighted by Crippen LogP contribution is -2.37. The standard InChI is InChI=1S/C13H24FNO3/c1-12(2,3)18-11(17)15-8-7-13(14,10-15)6-4-5-9-16/h16H,4-10H2,1-3H3/t13-/m0/s1. The zero-order chi connectivity index (χ0) is 13.8. The molecule has 1 N–H and O–H groups in total. The van der Waals surface area contributed by atoms with Gasteiger partial charge in [0, 0.05) is 19.6 Å². The normalized spacial score (nSPS) is 24.4. The van der Waals surface area contributed by atoms with Crippen molar-refractivity contribution in [2.75, 3.05) is 19.7 Å². The fourth-order valence-corrected chi connectivity index (χ4v) is 2.08. The monoisotopic (exact) mass is 261 g/mol. The fourth-order valence-electron chi connectivity index (χ4n) is 2.08. The van der Waals surface area contributed by atoms with E-state index in [1.54, 1.807) is 20.8 Å². The average Bonchev–Trinajstić information content (AvgIpc) is 2.59. The summed E-state index contributed by atoms with van der Waals surface area (Å²) in [5.41, 5.74) is -1.86. The molecule has 0 unspecified atom stereocenters. The summed E-state index contributed by atoms with van der Waals surface area (Å²) in [7, 11) is 0. The van der Waals surface area contributed by atoms with Crippen LogP contribution in [0.3, 0.4) is 0 Å². The van der Waals surface area contributed by atoms with Gasteiger partial charge in [0.2, 0.25) is 0 Å². The van der Waals surface area contributed by atoms with E-state index < -0.39 is 17.4 Å². The van der Waals surface area contributed by atoms with Gasteiger partial charge in [-0.2, -0.15) is 0 Å². The van der Waals surface area contributed by atoms with Crippen molar-refractivity contribution >= 4 is 6.09 Å². The van der Waals surface area contributed by atoms with Crippen molar-refractivity contribution in [3.05, 3.63) is 0 Å². The Morgan fingerprint density at radius 2 is 2.11 bits per heavy atom. The zero-order valence-electron chi connectivity index (χ0n) is 11.5. The molecule has 1 aliphatic heterocycles. The van der Waals surface area contributed by atoms with E-state index in [-0.39, 0.29) is 13.2 Å². The first-order valence-electron chi connectivity index (χ1n) is 6.53. The molecule has 1 saturated heterocycles. The zero-order valence-corrected chi connectivity index (χ0v) is 11.5. The molecule has 1 fully saturated rings. The minimum Gasteiger partial charge on any atom is -0.444 e. The summed E-state index contributed by atoms with van der Waals surface area (Å²) in [5.74, 6) is 0. The van der Waals surface area contributed by atoms with Crippen LogP contribution in [-0.4, -0.2) is 47.1 Å². The van der Waals surface area contributed by atoms with Crippen LogP contribution in [0.15, 0.2) is 0 Å². The number of hydrogen-bond donors (Lipinski definition) is 1. The number of amides is 1. The summed E-state index contributed by atoms with van der Waals surface area (Å²) in [6.45, 7) is 5.99. The number of ether oxygens (including phenoxy) is 1. The Bertz CT molecular complexity index is 290. The minimum atomic E-state index is -1.31. The van der Waals surface area contributed by atoms with Gasteiger partial charge in [-0.3, -0.25) is 0 Å². The van der Waals surface area contributed by atoms with Crippen LogP contribution in [0.25, 0.3) is 0 Å². The molecule has 4 nitrogen and oxygen atoms in total. The molecule has 5 heteroatoms. The van der Waals surface area contributed by atoms with E-state index in [2.05, 4.69) is 0 Å². The van der Waals surface area contributed by atoms with Crippen molar-refractivity contribution in [1.29, 1.82) is 0 Å². The number of unbranched alkanes of at least 4 members (excludes halogenated alkanes) is 1. The highest BCUT2D eigenvalue weighted by atomic mass is 19.1. The largest absolute Gasteiger partial charge is 0.444 e. The molecular weight excluding hydrogens is 237 g/mol. The van der Waals surface area contributed by atoms with Crippen LogP contribution >= 0.6 is 0 Å². The molecule has 1 amide bonds. The summed E-state index contributed by atoms with van der Waals surface area (Å²) in [6.07, 6.45) is 1.57. The van der Waals surface area contributed by atoms with Gasteiger partial charge in [0.1, 0.15) is 11.3 Å². The van der Waals surface area contributed by atoms with E-state index in [0.29, 0.717) is 32.2 Å². The van der Waals surface area contributed by atoms with Gasteiger partial charge in [0.05, 0.1) is 6.54 Å². The predicted octanol–water partition coefficient (Wildman–Crippen LogP) is 2.50. The molecule has 0 spiro atoms. The molecule has 1 aliphatic rings. The Kier molecular flexibility index (Phi) is 4.96. The van der Waals surface area contributed by atoms with Crippen molar-refractivity contribution in [2.45, 2.75) is 57.7 Å². The molecule has 0 aliphatic carbocycles. The van der Waals surface area contributed by atoms with Crippen LogP contribution < -0.4 is 0 Å². The SMILES string of the molecule is CC(C)(C)OC(=O)N1CC[C@@](F)(CCCCO)C1. The van der Waals surface area contributed by atoms with Crippen LogP contribution in [0.4, 0.5) is 9.18 Å². The third-order valence-corrected chi connectivity index (χ3v) is 2.99. The third kappa shape index (κ3) is 4.80. The Morgan fingerprint density at radius 3 is 2.67 bits per heavy atom. The molecule has 0 aromatic carbocycles. The van der Waals surface area contributed by atoms with Gasteiger partial charge in [-0.25, -0.2) is 9.18 Å². The summed E-state index contributed by atoms with van der Waals surface area (Å²) < 4.78 is 19.6. The quantitative estimate of drug-likeness (QED) is 0.791. The molecule has 0 aromatic rings. The first-order chi connectivity index (χ1) is 8.26. The third-order valence-electron chi connectivity index (χ3n) is 2.99. The number of halogens is 1. The first kappa shape index (κ1) is 15.2. The summed E-state index contributed by atoms with van der Waals surface area (Å²) in [4.78, 5) is 13.2. The summed E-state index contributed by atoms with van der Waals surface area (Å²) >= 11 is 0. The van der Waals surface area contributed by atoms with Crippen molar-refractivity contribution < 1.29 is 19.0 Å². The molecule has 1 rings (SSSR count). The van der Waals surface area contributed by atoms with Gasteiger partial charge in [-0.05, 0) is 40.0 Å². The fraction of sp³-hybridized carbons (Fsp3) is 0.923. The average molecular weight is 261 g/mol. The number of alkyl halides is 1. The maximum Gasteiger partial charge on any atom is 0.410 e. The van der Waals surface area contributed by atoms with Gasteiger partial charge in [-0.15, -0.1) is 0 Å². The van der Waals surface area contributed by atoms with Crippen LogP contribution in [-0.2, 0) is 4.74 Å². The molecule has 0 saturated carbocycles. The highest BCUT2D eigenvalue weighted by Crippen LogP contribution is 2.31. The second kappa shape index (κ2) is 5.87. The first-order valence-corrected chi connectivity index (χ1v) is 6.53. The number of rotatable bonds is 4. The van der Waals surface area contributed by atoms with E-state index >= 15 is 0 Å². The number of aliphatic hydroxyl groups is 1. The van der Waals surface area contributed by atoms with Gasteiger partial charge in [0.15, 0.2) is 0 Å². The number of likely N-dealkylation sites (tertiary alicyclic amines) is 1. The minimum absolute atomic E-state index is 0.0891. The highest BCUT2D eigenvalue weighted by molar-refractivity contribution is 5.68. The Hall–Kier alpha value is -0.840. The summed E-state index contributed by atoms with van der Waals surface area (Å²) in [6, 6.07) is 0. The maximum atomic E-state index is 14.3. The number of nitrogens with zero attached hydrogens (tertiary/aromatic N) is 1. The van der Waals surface area contributed by atoms with E-state index in [1.165, 1.54) is 4.90 Å². The molecule has 1 atom stereocenters. The Labute approximate surface area is 108 Å². The lowest BCUT2D eigenvalue weighted by Gasteiger charge is -2.25. The topological polar surface area (TPSA) is 49.8 Å². The summed E-state index contributed by atoms with van der Waals surface area (Å²) in [5, 5.41) is 8.68. The van der Waals surface area contributed by atoms with Crippen LogP contribution in [0, 0.1) is 0 Å². The number of hydrogen-bond acceptors (Lipinski definition) is 3. The van der Waals surface area contributed by atoms with Gasteiger partial charge >= 0.3 is 6.09 Å². The second-order valence-corrected chi connectivity index (χ2v) is 5.98. The van der Waals surface area contributed by atoms with Crippen molar-refractivity contribution in [2.24, 2.45) is 0 Å². The number of aliphatic hydroxyl groups excluding tert-OH is 1. The predicted molar refractivity (Wildman–Crippen MR) is 67.2 cm³/mol. The molecule has 106 valence electrons. The molecule has 0 bridgehead atoms. The van der Waals surface area contributed by atoms with E-state index in [4.69, 9.17) is 9.84 Å². The van der Waals surface area contributed by atoms with Crippen LogP contribution in [0.2, 0.25) is 0 Å². The molecule has 18 heavy (non-hydrogen) atoms. The molecule has 0 radical (unpaired) electrons. The van der Waals surface area contributed by atoms with Crippen molar-refractivity contribution in [3.8, 4) is 0 Å². The molecular formula is C13H24FNO3. The Balaban J connectivity index is 2.42. The lowest BCUT2D eigenvalue weighted by atomic mass is 9.98. The van der Waals surface area contributed by atoms with Gasteiger partial charge in [0.25, 0.3) is 0 Å². The number of carbonyl (C=O) groups is 1. The Morgan fingerprint density at radius 1 is 1.44 bits per heavy atom. The molecule has 0 aromatic heterocycles. The van der Waals surface area contributed by atoms with Crippen molar-refractivity contribution in [3.63, 3.8) is 0 Å². The molecule has 1 heterocycles. The van der Waals surface area contributed by atoms with E-state index in [9.17, 15) is 9.18 Å². The van der Waals surface area contributed by atoms with E-state index in [0.717, 1.165) is 0 Å². The van der Waals surface area contributed by atoms with Crippen molar-refractivity contribution in [1.82, 2.24) is 4.90 Å². The van der Waals surface area contributed by atoms with Gasteiger partial charge in [-0.1, -0.05) is 0 Å².